The molecule has 0 saturated heterocycles. The van der Waals surface area contributed by atoms with Crippen LogP contribution >= 0.6 is 12.8 Å². The average molecular weight is 539 g/mol. The molecule has 7 nitrogen and oxygen atoms in total. The quantitative estimate of drug-likeness (QED) is 0.0686. The van der Waals surface area contributed by atoms with Gasteiger partial charge in [-0.15, -0.1) is 0 Å². The molecule has 3 aromatic rings. The van der Waals surface area contributed by atoms with Gasteiger partial charge in [0, 0.05) is 40.7 Å². The number of carbonyl (C=O) groups is 1. The van der Waals surface area contributed by atoms with Crippen molar-refractivity contribution < 1.29 is 14.4 Å². The fourth-order valence-electron chi connectivity index (χ4n) is 4.07. The van der Waals surface area contributed by atoms with Gasteiger partial charge in [-0.05, 0) is 50.5 Å². The topological polar surface area (TPSA) is 89.3 Å². The highest BCUT2D eigenvalue weighted by Gasteiger charge is 2.29. The number of carbonyl (C=O) groups excluding carboxylic acids is 1. The van der Waals surface area contributed by atoms with Crippen LogP contribution in [0.25, 0.3) is 11.3 Å². The fraction of sp³-hybridized carbons (Fsp3) is 0.345. The van der Waals surface area contributed by atoms with E-state index in [-0.39, 0.29) is 30.5 Å². The summed E-state index contributed by atoms with van der Waals surface area (Å²) in [5.74, 6) is -0.122. The number of halogens is 1. The molecule has 0 fully saturated rings. The summed E-state index contributed by atoms with van der Waals surface area (Å²) in [4.78, 5) is 18.5. The van der Waals surface area contributed by atoms with Gasteiger partial charge in [-0.1, -0.05) is 50.2 Å². The summed E-state index contributed by atoms with van der Waals surface area (Å²) in [5, 5.41) is 19.0. The lowest BCUT2D eigenvalue weighted by molar-refractivity contribution is -0.131. The van der Waals surface area contributed by atoms with Gasteiger partial charge < -0.3 is 4.90 Å². The number of amidine groups is 1. The minimum Gasteiger partial charge on any atom is -0.301 e. The number of pyridine rings is 1. The highest BCUT2D eigenvalue weighted by atomic mass is 32.1. The highest BCUT2D eigenvalue weighted by Crippen LogP contribution is 2.34. The van der Waals surface area contributed by atoms with Crippen molar-refractivity contribution in [1.82, 2.24) is 14.0 Å². The summed E-state index contributed by atoms with van der Waals surface area (Å²) in [6.07, 6.45) is 2.50. The van der Waals surface area contributed by atoms with Crippen LogP contribution in [0.4, 0.5) is 15.8 Å². The van der Waals surface area contributed by atoms with Gasteiger partial charge in [0.25, 0.3) is 0 Å². The predicted octanol–water partition coefficient (Wildman–Crippen LogP) is 7.15. The average Bonchev–Trinajstić information content (AvgIpc) is 2.92. The minimum atomic E-state index is -1.70. The maximum atomic E-state index is 15.8. The number of quaternary nitrogens is 1. The molecule has 3 unspecified atom stereocenters. The van der Waals surface area contributed by atoms with Crippen molar-refractivity contribution in [2.45, 2.75) is 52.6 Å². The Morgan fingerprint density at radius 1 is 1.18 bits per heavy atom. The standard InChI is InChI=1S/C29H37FN5O2S/c1-5-21(3)28(36)34(6-2)27(31)17-18-29(4,30)23-12-10-11-22(19-23)26-16-15-24(20-32-26)33-35(37,38)25-13-8-7-9-14-25/h7-16,19-21,31,33,37-38H,5-6,17-18H2,1-4H3/q+1. The number of thiol groups is 1. The van der Waals surface area contributed by atoms with E-state index in [2.05, 4.69) is 23.2 Å². The van der Waals surface area contributed by atoms with Crippen LogP contribution in [0.1, 0.15) is 52.5 Å². The number of amides is 1. The SMILES string of the molecule is CCC(C)C(=O)N(CC)C(=N)CCC(C)(F)c1cccc(-c2ccc(N[N+](O)(S)c3ccccc3)cn2)c1. The summed E-state index contributed by atoms with van der Waals surface area (Å²) < 4.78 is 15.0. The molecule has 0 radical (unpaired) electrons. The zero-order valence-electron chi connectivity index (χ0n) is 22.4. The molecule has 3 atom stereocenters. The van der Waals surface area contributed by atoms with E-state index in [9.17, 15) is 10.0 Å². The van der Waals surface area contributed by atoms with E-state index in [4.69, 9.17) is 5.41 Å². The molecule has 3 rings (SSSR count). The van der Waals surface area contributed by atoms with Gasteiger partial charge in [0.15, 0.2) is 0 Å². The number of hydrogen-bond donors (Lipinski definition) is 4. The first-order valence-electron chi connectivity index (χ1n) is 12.8. The second-order valence-electron chi connectivity index (χ2n) is 9.60. The second-order valence-corrected chi connectivity index (χ2v) is 10.2. The molecule has 3 N–H and O–H groups in total. The number of rotatable bonds is 11. The van der Waals surface area contributed by atoms with Gasteiger partial charge in [-0.3, -0.25) is 15.2 Å². The third kappa shape index (κ3) is 7.18. The van der Waals surface area contributed by atoms with Crippen molar-refractivity contribution >= 4 is 35.9 Å². The summed E-state index contributed by atoms with van der Waals surface area (Å²) in [7, 11) is 0. The molecule has 9 heteroatoms. The lowest BCUT2D eigenvalue weighted by Crippen LogP contribution is -2.41. The van der Waals surface area contributed by atoms with Crippen LogP contribution in [0.15, 0.2) is 72.9 Å². The Kier molecular flexibility index (Phi) is 9.65. The third-order valence-electron chi connectivity index (χ3n) is 6.70. The lowest BCUT2D eigenvalue weighted by Gasteiger charge is -2.27. The largest absolute Gasteiger partial charge is 0.301 e. The molecular formula is C29H37FN5O2S+. The van der Waals surface area contributed by atoms with Crippen molar-refractivity contribution in [3.63, 3.8) is 0 Å². The van der Waals surface area contributed by atoms with Crippen molar-refractivity contribution in [3.05, 3.63) is 78.5 Å². The lowest BCUT2D eigenvalue weighted by atomic mass is 9.90. The molecular weight excluding hydrogens is 501 g/mol. The zero-order valence-corrected chi connectivity index (χ0v) is 23.3. The van der Waals surface area contributed by atoms with E-state index < -0.39 is 9.83 Å². The molecule has 0 bridgehead atoms. The van der Waals surface area contributed by atoms with Crippen LogP contribution in [0, 0.1) is 11.3 Å². The molecule has 1 aromatic heterocycles. The van der Waals surface area contributed by atoms with Gasteiger partial charge in [0.05, 0.1) is 11.9 Å². The van der Waals surface area contributed by atoms with Crippen LogP contribution in [0.3, 0.4) is 0 Å². The molecule has 0 spiro atoms. The Labute approximate surface area is 229 Å². The second kappa shape index (κ2) is 12.5. The molecule has 0 saturated carbocycles. The van der Waals surface area contributed by atoms with Crippen molar-refractivity contribution in [2.24, 2.45) is 5.92 Å². The molecule has 1 heterocycles. The van der Waals surface area contributed by atoms with Crippen LogP contribution in [0.2, 0.25) is 0 Å². The minimum absolute atomic E-state index is 0.0772. The molecule has 0 aliphatic rings. The number of aromatic nitrogens is 1. The van der Waals surface area contributed by atoms with Crippen LogP contribution < -0.4 is 9.59 Å². The Morgan fingerprint density at radius 3 is 2.50 bits per heavy atom. The zero-order chi connectivity index (χ0) is 27.9. The van der Waals surface area contributed by atoms with E-state index >= 15 is 4.39 Å². The molecule has 0 aliphatic heterocycles. The number of nitrogens with one attached hydrogen (secondary N) is 2. The van der Waals surface area contributed by atoms with Crippen LogP contribution in [-0.2, 0) is 10.5 Å². The van der Waals surface area contributed by atoms with Gasteiger partial charge in [-0.2, -0.15) is 10.6 Å². The van der Waals surface area contributed by atoms with Crippen molar-refractivity contribution in [3.8, 4) is 11.3 Å². The summed E-state index contributed by atoms with van der Waals surface area (Å²) >= 11 is 4.28. The Hall–Kier alpha value is -3.27. The van der Waals surface area contributed by atoms with Gasteiger partial charge in [-0.25, -0.2) is 4.39 Å². The predicted molar refractivity (Wildman–Crippen MR) is 155 cm³/mol. The van der Waals surface area contributed by atoms with Crippen molar-refractivity contribution in [2.75, 3.05) is 12.0 Å². The molecule has 2 aromatic carbocycles. The monoisotopic (exact) mass is 538 g/mol. The first-order chi connectivity index (χ1) is 18.0. The number of anilines is 1. The van der Waals surface area contributed by atoms with Gasteiger partial charge in [0.1, 0.15) is 30.0 Å². The highest BCUT2D eigenvalue weighted by molar-refractivity contribution is 7.79. The first-order valence-corrected chi connectivity index (χ1v) is 13.2. The third-order valence-corrected chi connectivity index (χ3v) is 7.03. The summed E-state index contributed by atoms with van der Waals surface area (Å²) in [6.45, 7) is 7.51. The van der Waals surface area contributed by atoms with Crippen molar-refractivity contribution in [1.29, 1.82) is 5.41 Å². The Bertz CT molecular complexity index is 1240. The summed E-state index contributed by atoms with van der Waals surface area (Å²) in [5.41, 5.74) is 4.15. The van der Waals surface area contributed by atoms with E-state index in [0.717, 1.165) is 5.56 Å². The summed E-state index contributed by atoms with van der Waals surface area (Å²) in [6, 6.07) is 19.6. The Balaban J connectivity index is 1.70. The van der Waals surface area contributed by atoms with Crippen LogP contribution in [0.5, 0.6) is 0 Å². The van der Waals surface area contributed by atoms with Crippen LogP contribution in [-0.4, -0.2) is 33.4 Å². The Morgan fingerprint density at radius 2 is 1.89 bits per heavy atom. The van der Waals surface area contributed by atoms with Gasteiger partial charge in [0.2, 0.25) is 11.6 Å². The number of nitrogens with zero attached hydrogens (tertiary/aromatic N) is 3. The molecule has 38 heavy (non-hydrogen) atoms. The number of benzene rings is 2. The maximum Gasteiger partial charge on any atom is 0.230 e. The van der Waals surface area contributed by atoms with E-state index in [0.29, 0.717) is 35.6 Å². The number of hydrogen-bond acceptors (Lipinski definition) is 6. The van der Waals surface area contributed by atoms with E-state index in [1.807, 2.05) is 32.9 Å². The fourth-order valence-corrected chi connectivity index (χ4v) is 4.32. The smallest absolute Gasteiger partial charge is 0.230 e. The molecule has 1 amide bonds. The van der Waals surface area contributed by atoms with Gasteiger partial charge >= 0.3 is 0 Å². The number of para-hydroxylation sites is 1. The normalized spacial score (nSPS) is 15.1. The molecule has 0 aliphatic carbocycles. The number of alkyl halides is 1. The van der Waals surface area contributed by atoms with E-state index in [1.54, 1.807) is 60.8 Å². The maximum absolute atomic E-state index is 15.8. The molecule has 202 valence electrons. The first kappa shape index (κ1) is 29.3. The van der Waals surface area contributed by atoms with E-state index in [1.165, 1.54) is 11.8 Å².